The maximum Gasteiger partial charge on any atom is 0.339 e. The van der Waals surface area contributed by atoms with Crippen LogP contribution in [0.25, 0.3) is 32.9 Å². The Bertz CT molecular complexity index is 1440. The highest BCUT2D eigenvalue weighted by atomic mass is 32.1. The van der Waals surface area contributed by atoms with E-state index in [0.717, 1.165) is 21.9 Å². The molecule has 0 atom stereocenters. The van der Waals surface area contributed by atoms with Gasteiger partial charge in [0.05, 0.1) is 40.7 Å². The van der Waals surface area contributed by atoms with E-state index >= 15 is 0 Å². The lowest BCUT2D eigenvalue weighted by Gasteiger charge is -2.07. The number of pyridine rings is 1. The van der Waals surface area contributed by atoms with Gasteiger partial charge in [-0.15, -0.1) is 11.3 Å². The van der Waals surface area contributed by atoms with Crippen LogP contribution in [0.15, 0.2) is 70.6 Å². The van der Waals surface area contributed by atoms with E-state index in [-0.39, 0.29) is 6.61 Å². The largest absolute Gasteiger partial charge is 0.496 e. The summed E-state index contributed by atoms with van der Waals surface area (Å²) in [5.74, 6) is 0.253. The number of aromatic nitrogens is 3. The van der Waals surface area contributed by atoms with Crippen LogP contribution in [0.4, 0.5) is 0 Å². The topological polar surface area (TPSA) is 87.3 Å². The molecule has 0 aliphatic rings. The molecule has 0 radical (unpaired) electrons. The number of carbonyl (C=O) groups is 1. The van der Waals surface area contributed by atoms with E-state index in [0.29, 0.717) is 33.7 Å². The molecule has 3 aromatic heterocycles. The van der Waals surface area contributed by atoms with Crippen molar-refractivity contribution in [3.63, 3.8) is 0 Å². The van der Waals surface area contributed by atoms with Crippen molar-refractivity contribution < 1.29 is 18.8 Å². The van der Waals surface area contributed by atoms with Crippen LogP contribution in [0, 0.1) is 6.92 Å². The Balaban J connectivity index is 1.41. The van der Waals surface area contributed by atoms with Gasteiger partial charge in [-0.3, -0.25) is 0 Å². The summed E-state index contributed by atoms with van der Waals surface area (Å²) in [6.45, 7) is 1.81. The maximum absolute atomic E-state index is 13.1. The molecule has 0 spiro atoms. The van der Waals surface area contributed by atoms with Crippen molar-refractivity contribution in [2.45, 2.75) is 13.5 Å². The molecule has 0 aliphatic carbocycles. The highest BCUT2D eigenvalue weighted by Gasteiger charge is 2.21. The number of para-hydroxylation sites is 1. The first kappa shape index (κ1) is 20.8. The second-order valence-electron chi connectivity index (χ2n) is 7.29. The van der Waals surface area contributed by atoms with Gasteiger partial charge in [0.1, 0.15) is 17.4 Å². The number of rotatable bonds is 6. The third kappa shape index (κ3) is 4.08. The van der Waals surface area contributed by atoms with Gasteiger partial charge < -0.3 is 14.0 Å². The number of ether oxygens (including phenoxy) is 2. The zero-order chi connectivity index (χ0) is 22.8. The van der Waals surface area contributed by atoms with Crippen molar-refractivity contribution in [1.82, 2.24) is 15.1 Å². The van der Waals surface area contributed by atoms with Crippen LogP contribution in [0.1, 0.15) is 21.7 Å². The molecule has 5 aromatic rings. The normalized spacial score (nSPS) is 11.0. The summed E-state index contributed by atoms with van der Waals surface area (Å²) in [4.78, 5) is 22.2. The highest BCUT2D eigenvalue weighted by Crippen LogP contribution is 2.32. The number of thiazole rings is 1. The van der Waals surface area contributed by atoms with E-state index in [4.69, 9.17) is 14.0 Å². The van der Waals surface area contributed by atoms with Crippen molar-refractivity contribution >= 4 is 28.4 Å². The second-order valence-corrected chi connectivity index (χ2v) is 8.15. The number of aryl methyl sites for hydroxylation is 1. The first-order chi connectivity index (χ1) is 16.1. The summed E-state index contributed by atoms with van der Waals surface area (Å²) in [6.07, 6.45) is 0. The lowest BCUT2D eigenvalue weighted by molar-refractivity contribution is 0.0470. The Hall–Kier alpha value is -4.04. The van der Waals surface area contributed by atoms with Crippen LogP contribution in [0.5, 0.6) is 5.75 Å². The van der Waals surface area contributed by atoms with E-state index in [9.17, 15) is 4.79 Å². The predicted molar refractivity (Wildman–Crippen MR) is 125 cm³/mol. The van der Waals surface area contributed by atoms with Crippen molar-refractivity contribution in [3.05, 3.63) is 83.0 Å². The van der Waals surface area contributed by atoms with Crippen LogP contribution in [0.3, 0.4) is 0 Å². The third-order valence-electron chi connectivity index (χ3n) is 5.15. The van der Waals surface area contributed by atoms with Gasteiger partial charge in [-0.25, -0.2) is 14.8 Å². The molecule has 8 heteroatoms. The van der Waals surface area contributed by atoms with Crippen LogP contribution in [0.2, 0.25) is 0 Å². The van der Waals surface area contributed by atoms with Gasteiger partial charge in [0, 0.05) is 10.9 Å². The minimum Gasteiger partial charge on any atom is -0.496 e. The molecule has 0 unspecified atom stereocenters. The van der Waals surface area contributed by atoms with Crippen LogP contribution in [-0.2, 0) is 11.3 Å². The molecular weight excluding hydrogens is 438 g/mol. The lowest BCUT2D eigenvalue weighted by Crippen LogP contribution is -2.07. The van der Waals surface area contributed by atoms with Gasteiger partial charge in [-0.1, -0.05) is 47.6 Å². The molecule has 3 heterocycles. The smallest absolute Gasteiger partial charge is 0.339 e. The summed E-state index contributed by atoms with van der Waals surface area (Å²) in [7, 11) is 1.63. The van der Waals surface area contributed by atoms with E-state index in [1.54, 1.807) is 20.1 Å². The van der Waals surface area contributed by atoms with E-state index in [1.165, 1.54) is 11.3 Å². The molecule has 164 valence electrons. The standard InChI is InChI=1S/C25H19N3O4S/c1-15-22-19(12-20(27-23(22)32-28-15)16-8-4-3-5-9-16)25(29)31-13-17-14-33-24(26-17)18-10-6-7-11-21(18)30-2/h3-12,14H,13H2,1-2H3. The van der Waals surface area contributed by atoms with Crippen molar-refractivity contribution in [3.8, 4) is 27.6 Å². The molecular formula is C25H19N3O4S. The Kier molecular flexibility index (Phi) is 5.58. The summed E-state index contributed by atoms with van der Waals surface area (Å²) in [5.41, 5.74) is 4.26. The first-order valence-electron chi connectivity index (χ1n) is 10.2. The van der Waals surface area contributed by atoms with E-state index in [1.807, 2.05) is 60.0 Å². The molecule has 5 rings (SSSR count). The molecule has 0 amide bonds. The number of benzene rings is 2. The number of esters is 1. The lowest BCUT2D eigenvalue weighted by atomic mass is 10.1. The molecule has 0 saturated heterocycles. The number of fused-ring (bicyclic) bond motifs is 1. The summed E-state index contributed by atoms with van der Waals surface area (Å²) >= 11 is 1.47. The molecule has 33 heavy (non-hydrogen) atoms. The van der Waals surface area contributed by atoms with Gasteiger partial charge in [-0.05, 0) is 25.1 Å². The minimum absolute atomic E-state index is 0.0410. The Morgan fingerprint density at radius 2 is 1.85 bits per heavy atom. The van der Waals surface area contributed by atoms with Gasteiger partial charge in [-0.2, -0.15) is 0 Å². The third-order valence-corrected chi connectivity index (χ3v) is 6.07. The van der Waals surface area contributed by atoms with Gasteiger partial charge in [0.15, 0.2) is 0 Å². The zero-order valence-corrected chi connectivity index (χ0v) is 18.8. The summed E-state index contributed by atoms with van der Waals surface area (Å²) in [5, 5.41) is 7.20. The number of hydrogen-bond acceptors (Lipinski definition) is 8. The van der Waals surface area contributed by atoms with E-state index in [2.05, 4.69) is 15.1 Å². The zero-order valence-electron chi connectivity index (χ0n) is 17.9. The Morgan fingerprint density at radius 1 is 1.06 bits per heavy atom. The predicted octanol–water partition coefficient (Wildman–Crippen LogP) is 5.69. The SMILES string of the molecule is COc1ccccc1-c1nc(COC(=O)c2cc(-c3ccccc3)nc3onc(C)c23)cs1. The quantitative estimate of drug-likeness (QED) is 0.303. The summed E-state index contributed by atoms with van der Waals surface area (Å²) in [6, 6.07) is 19.0. The van der Waals surface area contributed by atoms with Crippen LogP contribution < -0.4 is 4.74 Å². The van der Waals surface area contributed by atoms with Gasteiger partial charge in [0.2, 0.25) is 0 Å². The fraction of sp³-hybridized carbons (Fsp3) is 0.120. The van der Waals surface area contributed by atoms with Gasteiger partial charge in [0.25, 0.3) is 5.71 Å². The van der Waals surface area contributed by atoms with Crippen LogP contribution >= 0.6 is 11.3 Å². The molecule has 0 aliphatic heterocycles. The molecule has 7 nitrogen and oxygen atoms in total. The first-order valence-corrected chi connectivity index (χ1v) is 11.1. The van der Waals surface area contributed by atoms with Crippen molar-refractivity contribution in [2.75, 3.05) is 7.11 Å². The molecule has 0 bridgehead atoms. The Morgan fingerprint density at radius 3 is 2.67 bits per heavy atom. The molecule has 0 saturated carbocycles. The fourth-order valence-electron chi connectivity index (χ4n) is 3.55. The number of carbonyl (C=O) groups excluding carboxylic acids is 1. The number of methoxy groups -OCH3 is 1. The average Bonchev–Trinajstić information content (AvgIpc) is 3.49. The van der Waals surface area contributed by atoms with Crippen LogP contribution in [-0.4, -0.2) is 28.2 Å². The van der Waals surface area contributed by atoms with E-state index < -0.39 is 5.97 Å². The van der Waals surface area contributed by atoms with Gasteiger partial charge >= 0.3 is 5.97 Å². The maximum atomic E-state index is 13.1. The highest BCUT2D eigenvalue weighted by molar-refractivity contribution is 7.13. The summed E-state index contributed by atoms with van der Waals surface area (Å²) < 4.78 is 16.4. The average molecular weight is 458 g/mol. The number of hydrogen-bond donors (Lipinski definition) is 0. The molecule has 0 N–H and O–H groups in total. The minimum atomic E-state index is -0.488. The molecule has 0 fully saturated rings. The monoisotopic (exact) mass is 457 g/mol. The number of nitrogens with zero attached hydrogens (tertiary/aromatic N) is 3. The second kappa shape index (κ2) is 8.84. The Labute approximate surface area is 193 Å². The fourth-order valence-corrected chi connectivity index (χ4v) is 4.38. The van der Waals surface area contributed by atoms with Crippen molar-refractivity contribution in [2.24, 2.45) is 0 Å². The van der Waals surface area contributed by atoms with Crippen molar-refractivity contribution in [1.29, 1.82) is 0 Å². The molecule has 2 aromatic carbocycles.